The maximum Gasteiger partial charge on any atom is 0.419 e. The summed E-state index contributed by atoms with van der Waals surface area (Å²) in [5.41, 5.74) is -1.18. The monoisotopic (exact) mass is 399 g/mol. The number of rotatable bonds is 3. The van der Waals surface area contributed by atoms with E-state index < -0.39 is 28.6 Å². The van der Waals surface area contributed by atoms with E-state index in [1.165, 1.54) is 17.0 Å². The van der Waals surface area contributed by atoms with Crippen molar-refractivity contribution >= 4 is 29.0 Å². The van der Waals surface area contributed by atoms with Gasteiger partial charge in [0, 0.05) is 6.54 Å². The Balaban J connectivity index is 1.82. The van der Waals surface area contributed by atoms with Gasteiger partial charge in [-0.15, -0.1) is 0 Å². The maximum absolute atomic E-state index is 12.9. The van der Waals surface area contributed by atoms with Gasteiger partial charge < -0.3 is 5.11 Å². The highest BCUT2D eigenvalue weighted by Gasteiger charge is 2.40. The van der Waals surface area contributed by atoms with Crippen molar-refractivity contribution < 1.29 is 27.9 Å². The predicted molar refractivity (Wildman–Crippen MR) is 97.0 cm³/mol. The number of hydrogen-bond acceptors (Lipinski definition) is 4. The third-order valence-corrected chi connectivity index (χ3v) is 6.01. The summed E-state index contributed by atoms with van der Waals surface area (Å²) in [6.45, 7) is 2.40. The third kappa shape index (κ3) is 4.31. The number of carbonyl (C=O) groups excluding carboxylic acids is 2. The number of alkyl halides is 3. The molecule has 0 bridgehead atoms. The first-order valence-electron chi connectivity index (χ1n) is 8.75. The van der Waals surface area contributed by atoms with E-state index in [4.69, 9.17) is 0 Å². The van der Waals surface area contributed by atoms with Crippen LogP contribution in [0.5, 0.6) is 5.75 Å². The second-order valence-corrected chi connectivity index (χ2v) is 8.41. The van der Waals surface area contributed by atoms with Gasteiger partial charge in [-0.05, 0) is 53.8 Å². The molecule has 1 saturated carbocycles. The molecule has 0 atom stereocenters. The zero-order valence-electron chi connectivity index (χ0n) is 14.8. The lowest BCUT2D eigenvalue weighted by Crippen LogP contribution is -2.39. The first-order chi connectivity index (χ1) is 12.6. The normalized spacial score (nSPS) is 21.9. The second kappa shape index (κ2) is 7.22. The van der Waals surface area contributed by atoms with Crippen molar-refractivity contribution in [3.05, 3.63) is 34.2 Å². The number of benzene rings is 1. The molecular formula is C19H20F3NO3S. The van der Waals surface area contributed by atoms with Crippen molar-refractivity contribution in [1.29, 1.82) is 0 Å². The summed E-state index contributed by atoms with van der Waals surface area (Å²) in [5.74, 6) is -1.35. The molecule has 27 heavy (non-hydrogen) atoms. The average Bonchev–Trinajstić information content (AvgIpc) is 2.83. The Morgan fingerprint density at radius 3 is 2.52 bits per heavy atom. The van der Waals surface area contributed by atoms with E-state index in [0.29, 0.717) is 6.54 Å². The highest BCUT2D eigenvalue weighted by molar-refractivity contribution is 8.18. The fourth-order valence-corrected chi connectivity index (χ4v) is 4.44. The quantitative estimate of drug-likeness (QED) is 0.690. The Bertz CT molecular complexity index is 798. The van der Waals surface area contributed by atoms with Crippen LogP contribution in [0.1, 0.15) is 50.2 Å². The lowest BCUT2D eigenvalue weighted by Gasteiger charge is -2.35. The Kier molecular flexibility index (Phi) is 5.29. The maximum atomic E-state index is 12.9. The summed E-state index contributed by atoms with van der Waals surface area (Å²) in [6, 6.07) is 2.98. The minimum absolute atomic E-state index is 0.0956. The molecule has 1 aromatic rings. The molecule has 2 aliphatic rings. The van der Waals surface area contributed by atoms with Gasteiger partial charge in [-0.25, -0.2) is 0 Å². The number of aromatic hydroxyl groups is 1. The van der Waals surface area contributed by atoms with Gasteiger partial charge in [0.2, 0.25) is 0 Å². The first kappa shape index (κ1) is 19.8. The van der Waals surface area contributed by atoms with Crippen molar-refractivity contribution in [2.75, 3.05) is 6.54 Å². The summed E-state index contributed by atoms with van der Waals surface area (Å²) >= 11 is 0.736. The van der Waals surface area contributed by atoms with Crippen molar-refractivity contribution in [2.24, 2.45) is 5.41 Å². The van der Waals surface area contributed by atoms with Gasteiger partial charge in [-0.1, -0.05) is 32.3 Å². The Labute approximate surface area is 159 Å². The van der Waals surface area contributed by atoms with Crippen LogP contribution in [-0.4, -0.2) is 27.7 Å². The van der Waals surface area contributed by atoms with Crippen molar-refractivity contribution in [2.45, 2.75) is 45.2 Å². The summed E-state index contributed by atoms with van der Waals surface area (Å²) in [6.07, 6.45) is 1.74. The number of phenols is 1. The molecule has 1 aliphatic heterocycles. The number of carbonyl (C=O) groups is 2. The number of halogens is 3. The van der Waals surface area contributed by atoms with Crippen LogP contribution in [-0.2, 0) is 11.0 Å². The summed E-state index contributed by atoms with van der Waals surface area (Å²) < 4.78 is 38.8. The molecule has 0 radical (unpaired) electrons. The van der Waals surface area contributed by atoms with E-state index in [9.17, 15) is 27.9 Å². The molecule has 2 amide bonds. The van der Waals surface area contributed by atoms with Crippen molar-refractivity contribution in [3.8, 4) is 5.75 Å². The van der Waals surface area contributed by atoms with Crippen LogP contribution in [0.25, 0.3) is 6.08 Å². The molecule has 4 nitrogen and oxygen atoms in total. The van der Waals surface area contributed by atoms with Crippen LogP contribution in [0.3, 0.4) is 0 Å². The molecule has 3 rings (SSSR count). The minimum Gasteiger partial charge on any atom is -0.507 e. The summed E-state index contributed by atoms with van der Waals surface area (Å²) in [4.78, 5) is 26.2. The third-order valence-electron chi connectivity index (χ3n) is 5.10. The zero-order valence-corrected chi connectivity index (χ0v) is 15.6. The average molecular weight is 399 g/mol. The van der Waals surface area contributed by atoms with Gasteiger partial charge in [0.15, 0.2) is 0 Å². The van der Waals surface area contributed by atoms with E-state index >= 15 is 0 Å². The SMILES string of the molecule is CC1(CN2C(=O)S/C(=C\c3ccc(O)c(C(F)(F)F)c3)C2=O)CCCCC1. The minimum atomic E-state index is -4.71. The number of amides is 2. The first-order valence-corrected chi connectivity index (χ1v) is 9.56. The Morgan fingerprint density at radius 2 is 1.89 bits per heavy atom. The summed E-state index contributed by atoms with van der Waals surface area (Å²) in [5, 5.41) is 9.01. The standard InChI is InChI=1S/C19H20F3NO3S/c1-18(7-3-2-4-8-18)11-23-16(25)15(27-17(23)26)10-12-5-6-14(24)13(9-12)19(20,21)22/h5-6,9-10,24H,2-4,7-8,11H2,1H3/b15-10-. The lowest BCUT2D eigenvalue weighted by atomic mass is 9.75. The number of nitrogens with zero attached hydrogens (tertiary/aromatic N) is 1. The molecule has 1 heterocycles. The highest BCUT2D eigenvalue weighted by atomic mass is 32.2. The van der Waals surface area contributed by atoms with E-state index in [0.717, 1.165) is 56.0 Å². The van der Waals surface area contributed by atoms with E-state index in [2.05, 4.69) is 6.92 Å². The molecule has 1 aliphatic carbocycles. The van der Waals surface area contributed by atoms with Gasteiger partial charge in [0.25, 0.3) is 11.1 Å². The van der Waals surface area contributed by atoms with Crippen molar-refractivity contribution in [3.63, 3.8) is 0 Å². The van der Waals surface area contributed by atoms with Crippen LogP contribution >= 0.6 is 11.8 Å². The molecule has 0 unspecified atom stereocenters. The Hall–Kier alpha value is -1.96. The second-order valence-electron chi connectivity index (χ2n) is 7.41. The Morgan fingerprint density at radius 1 is 1.22 bits per heavy atom. The largest absolute Gasteiger partial charge is 0.507 e. The molecule has 2 fully saturated rings. The van der Waals surface area contributed by atoms with Crippen molar-refractivity contribution in [1.82, 2.24) is 4.90 Å². The molecule has 0 spiro atoms. The predicted octanol–water partition coefficient (Wildman–Crippen LogP) is 5.42. The van der Waals surface area contributed by atoms with Gasteiger partial charge in [-0.3, -0.25) is 14.5 Å². The van der Waals surface area contributed by atoms with Gasteiger partial charge in [0.1, 0.15) is 5.75 Å². The molecule has 1 aromatic carbocycles. The summed E-state index contributed by atoms with van der Waals surface area (Å²) in [7, 11) is 0. The highest BCUT2D eigenvalue weighted by Crippen LogP contribution is 2.41. The van der Waals surface area contributed by atoms with Gasteiger partial charge >= 0.3 is 6.18 Å². The number of hydrogen-bond donors (Lipinski definition) is 1. The van der Waals surface area contributed by atoms with E-state index in [1.54, 1.807) is 0 Å². The molecule has 1 saturated heterocycles. The fraction of sp³-hybridized carbons (Fsp3) is 0.474. The van der Waals surface area contributed by atoms with Gasteiger partial charge in [-0.2, -0.15) is 13.2 Å². The van der Waals surface area contributed by atoms with E-state index in [1.807, 2.05) is 0 Å². The van der Waals surface area contributed by atoms with Crippen LogP contribution in [0, 0.1) is 5.41 Å². The molecule has 1 N–H and O–H groups in total. The number of thioether (sulfide) groups is 1. The molecule has 146 valence electrons. The fourth-order valence-electron chi connectivity index (χ4n) is 3.60. The number of imide groups is 1. The van der Waals surface area contributed by atoms with Gasteiger partial charge in [0.05, 0.1) is 10.5 Å². The zero-order chi connectivity index (χ0) is 19.8. The topological polar surface area (TPSA) is 57.6 Å². The van der Waals surface area contributed by atoms with Crippen LogP contribution in [0.15, 0.2) is 23.1 Å². The van der Waals surface area contributed by atoms with E-state index in [-0.39, 0.29) is 15.9 Å². The molecule has 0 aromatic heterocycles. The van der Waals surface area contributed by atoms with Crippen LogP contribution in [0.2, 0.25) is 0 Å². The smallest absolute Gasteiger partial charge is 0.419 e. The molecular weight excluding hydrogens is 379 g/mol. The van der Waals surface area contributed by atoms with Crippen LogP contribution < -0.4 is 0 Å². The van der Waals surface area contributed by atoms with Crippen LogP contribution in [0.4, 0.5) is 18.0 Å². The molecule has 8 heteroatoms. The number of phenolic OH excluding ortho intramolecular Hbond substituents is 1. The lowest BCUT2D eigenvalue weighted by molar-refractivity contribution is -0.138.